The second-order valence-corrected chi connectivity index (χ2v) is 12.6. The lowest BCUT2D eigenvalue weighted by Crippen LogP contribution is -2.67. The first-order valence-corrected chi connectivity index (χ1v) is 11.1. The molecule has 26 heavy (non-hydrogen) atoms. The fourth-order valence-corrected chi connectivity index (χ4v) is 8.64. The van der Waals surface area contributed by atoms with Gasteiger partial charge in [0, 0.05) is 17.9 Å². The van der Waals surface area contributed by atoms with Crippen LogP contribution in [0.4, 0.5) is 0 Å². The zero-order valence-electron chi connectivity index (χ0n) is 15.9. The molecule has 0 saturated heterocycles. The molecule has 0 amide bonds. The fraction of sp³-hybridized carbons (Fsp3) is 0.348. The Bertz CT molecular complexity index is 724. The van der Waals surface area contributed by atoms with Crippen LogP contribution >= 0.6 is 0 Å². The van der Waals surface area contributed by atoms with Crippen molar-refractivity contribution in [3.63, 3.8) is 0 Å². The molecule has 136 valence electrons. The van der Waals surface area contributed by atoms with Crippen LogP contribution in [0.3, 0.4) is 0 Å². The first-order valence-electron chi connectivity index (χ1n) is 9.23. The average molecular weight is 365 g/mol. The third-order valence-electron chi connectivity index (χ3n) is 5.72. The lowest BCUT2D eigenvalue weighted by atomic mass is 10.1. The molecule has 1 saturated carbocycles. The molecule has 1 aliphatic carbocycles. The molecule has 0 aliphatic heterocycles. The van der Waals surface area contributed by atoms with Crippen molar-refractivity contribution in [2.45, 2.75) is 32.2 Å². The summed E-state index contributed by atoms with van der Waals surface area (Å²) in [4.78, 5) is 11.3. The maximum atomic E-state index is 11.3. The molecule has 3 rings (SSSR count). The highest BCUT2D eigenvalue weighted by Crippen LogP contribution is 2.53. The van der Waals surface area contributed by atoms with Gasteiger partial charge in [-0.05, 0) is 21.8 Å². The number of rotatable bonds is 7. The van der Waals surface area contributed by atoms with Gasteiger partial charge in [0.1, 0.15) is 6.29 Å². The van der Waals surface area contributed by atoms with Gasteiger partial charge in [-0.25, -0.2) is 0 Å². The van der Waals surface area contributed by atoms with E-state index in [-0.39, 0.29) is 16.4 Å². The Kier molecular flexibility index (Phi) is 5.04. The molecule has 1 fully saturated rings. The van der Waals surface area contributed by atoms with E-state index >= 15 is 0 Å². The molecule has 0 radical (unpaired) electrons. The van der Waals surface area contributed by atoms with Gasteiger partial charge >= 0.3 is 0 Å². The molecule has 0 heterocycles. The van der Waals surface area contributed by atoms with E-state index in [9.17, 15) is 4.79 Å². The monoisotopic (exact) mass is 364 g/mol. The number of carbonyl (C=O) groups is 1. The number of carbonyl (C=O) groups excluding carboxylic acids is 1. The van der Waals surface area contributed by atoms with Crippen molar-refractivity contribution in [2.75, 3.05) is 6.61 Å². The van der Waals surface area contributed by atoms with Gasteiger partial charge in [0.25, 0.3) is 8.32 Å². The molecule has 2 aromatic rings. The number of aldehydes is 1. The predicted molar refractivity (Wildman–Crippen MR) is 110 cm³/mol. The van der Waals surface area contributed by atoms with Gasteiger partial charge in [-0.15, -0.1) is 6.58 Å². The quantitative estimate of drug-likeness (QED) is 0.422. The third-order valence-corrected chi connectivity index (χ3v) is 10.7. The van der Waals surface area contributed by atoms with Gasteiger partial charge in [-0.1, -0.05) is 87.5 Å². The minimum absolute atomic E-state index is 0.0400. The van der Waals surface area contributed by atoms with Crippen LogP contribution in [0.2, 0.25) is 5.04 Å². The van der Waals surface area contributed by atoms with Crippen LogP contribution in [0.25, 0.3) is 0 Å². The highest BCUT2D eigenvalue weighted by molar-refractivity contribution is 6.99. The van der Waals surface area contributed by atoms with Crippen LogP contribution in [0.5, 0.6) is 0 Å². The van der Waals surface area contributed by atoms with Gasteiger partial charge in [0.15, 0.2) is 0 Å². The van der Waals surface area contributed by atoms with Gasteiger partial charge in [0.2, 0.25) is 0 Å². The average Bonchev–Trinajstić information content (AvgIpc) is 3.37. The van der Waals surface area contributed by atoms with Crippen LogP contribution in [0.15, 0.2) is 73.3 Å². The van der Waals surface area contributed by atoms with Crippen LogP contribution < -0.4 is 10.4 Å². The number of benzene rings is 2. The fourth-order valence-electron chi connectivity index (χ4n) is 4.00. The molecule has 3 heteroatoms. The molecular formula is C23H28O2Si. The van der Waals surface area contributed by atoms with E-state index in [4.69, 9.17) is 4.43 Å². The molecule has 0 aromatic heterocycles. The molecule has 0 unspecified atom stereocenters. The summed E-state index contributed by atoms with van der Waals surface area (Å²) >= 11 is 0. The molecule has 2 atom stereocenters. The van der Waals surface area contributed by atoms with E-state index in [1.165, 1.54) is 10.4 Å². The van der Waals surface area contributed by atoms with Crippen molar-refractivity contribution in [1.82, 2.24) is 0 Å². The standard InChI is InChI=1S/C23H28O2Si/c1-5-23(16-19(23)17-24)18-25-26(22(2,3)4,20-12-8-6-9-13-20)21-14-10-7-11-15-21/h5-15,17,19H,1,16,18H2,2-4H3/t19-,23-/m0/s1. The van der Waals surface area contributed by atoms with Crippen molar-refractivity contribution in [1.29, 1.82) is 0 Å². The summed E-state index contributed by atoms with van der Waals surface area (Å²) in [6.45, 7) is 11.3. The summed E-state index contributed by atoms with van der Waals surface area (Å²) < 4.78 is 6.93. The summed E-state index contributed by atoms with van der Waals surface area (Å²) in [7, 11) is -2.54. The molecule has 0 spiro atoms. The largest absolute Gasteiger partial charge is 0.407 e. The van der Waals surface area contributed by atoms with Crippen molar-refractivity contribution in [3.05, 3.63) is 73.3 Å². The zero-order chi connectivity index (χ0) is 18.8. The van der Waals surface area contributed by atoms with E-state index in [0.717, 1.165) is 12.7 Å². The Hall–Kier alpha value is -1.97. The minimum Gasteiger partial charge on any atom is -0.407 e. The summed E-state index contributed by atoms with van der Waals surface area (Å²) in [6, 6.07) is 21.2. The van der Waals surface area contributed by atoms with E-state index in [1.54, 1.807) is 0 Å². The maximum absolute atomic E-state index is 11.3. The van der Waals surface area contributed by atoms with E-state index < -0.39 is 8.32 Å². The molecule has 0 N–H and O–H groups in total. The molecule has 1 aliphatic rings. The first kappa shape index (κ1) is 18.8. The van der Waals surface area contributed by atoms with Gasteiger partial charge in [0.05, 0.1) is 0 Å². The predicted octanol–water partition coefficient (Wildman–Crippen LogP) is 3.95. The maximum Gasteiger partial charge on any atom is 0.261 e. The third kappa shape index (κ3) is 3.10. The molecular weight excluding hydrogens is 336 g/mol. The SMILES string of the molecule is C=C[C@@]1(CO[Si](c2ccccc2)(c2ccccc2)C(C)(C)C)C[C@H]1C=O. The highest BCUT2D eigenvalue weighted by atomic mass is 28.4. The van der Waals surface area contributed by atoms with E-state index in [1.807, 2.05) is 18.2 Å². The summed E-state index contributed by atoms with van der Waals surface area (Å²) in [5, 5.41) is 2.48. The molecule has 0 bridgehead atoms. The number of hydrogen-bond donors (Lipinski definition) is 0. The Morgan fingerprint density at radius 3 is 1.92 bits per heavy atom. The Balaban J connectivity index is 2.09. The smallest absolute Gasteiger partial charge is 0.261 e. The summed E-state index contributed by atoms with van der Waals surface area (Å²) in [6.07, 6.45) is 3.82. The first-order chi connectivity index (χ1) is 12.4. The van der Waals surface area contributed by atoms with Crippen LogP contribution in [-0.2, 0) is 9.22 Å². The summed E-state index contributed by atoms with van der Waals surface area (Å²) in [5.74, 6) is 0.0400. The second-order valence-electron chi connectivity index (χ2n) is 8.34. The summed E-state index contributed by atoms with van der Waals surface area (Å²) in [5.41, 5.74) is -0.200. The lowest BCUT2D eigenvalue weighted by Gasteiger charge is -2.43. The minimum atomic E-state index is -2.54. The van der Waals surface area contributed by atoms with Crippen molar-refractivity contribution in [3.8, 4) is 0 Å². The Morgan fingerprint density at radius 2 is 1.58 bits per heavy atom. The van der Waals surface area contributed by atoms with Crippen molar-refractivity contribution >= 4 is 25.0 Å². The van der Waals surface area contributed by atoms with Crippen molar-refractivity contribution in [2.24, 2.45) is 11.3 Å². The van der Waals surface area contributed by atoms with Gasteiger partial charge in [-0.3, -0.25) is 0 Å². The van der Waals surface area contributed by atoms with E-state index in [2.05, 4.69) is 75.9 Å². The Morgan fingerprint density at radius 1 is 1.08 bits per heavy atom. The second kappa shape index (κ2) is 6.97. The van der Waals surface area contributed by atoms with Crippen LogP contribution in [0.1, 0.15) is 27.2 Å². The highest BCUT2D eigenvalue weighted by Gasteiger charge is 2.56. The zero-order valence-corrected chi connectivity index (χ0v) is 16.9. The topological polar surface area (TPSA) is 26.3 Å². The normalized spacial score (nSPS) is 22.7. The van der Waals surface area contributed by atoms with Crippen LogP contribution in [-0.4, -0.2) is 21.2 Å². The van der Waals surface area contributed by atoms with Gasteiger partial charge in [-0.2, -0.15) is 0 Å². The van der Waals surface area contributed by atoms with Crippen molar-refractivity contribution < 1.29 is 9.22 Å². The molecule has 2 aromatic carbocycles. The number of hydrogen-bond acceptors (Lipinski definition) is 2. The van der Waals surface area contributed by atoms with Crippen LogP contribution in [0, 0.1) is 11.3 Å². The molecule has 2 nitrogen and oxygen atoms in total. The van der Waals surface area contributed by atoms with Gasteiger partial charge < -0.3 is 9.22 Å². The lowest BCUT2D eigenvalue weighted by molar-refractivity contribution is -0.109. The Labute approximate surface area is 158 Å². The van der Waals surface area contributed by atoms with E-state index in [0.29, 0.717) is 6.61 Å².